The molecule has 0 unspecified atom stereocenters. The first-order valence-corrected chi connectivity index (χ1v) is 12.1. The number of oxime groups is 1. The number of allylic oxidation sites excluding steroid dienone is 1. The summed E-state index contributed by atoms with van der Waals surface area (Å²) in [4.78, 5) is 28.7. The summed E-state index contributed by atoms with van der Waals surface area (Å²) in [7, 11) is -4.55. The molecule has 3 saturated carbocycles. The zero-order chi connectivity index (χ0) is 22.6. The molecule has 0 amide bonds. The fraction of sp³-hybridized carbons (Fsp3) is 0.762. The minimum Gasteiger partial charge on any atom is -0.479 e. The number of carboxylic acid groups (broad SMARTS) is 1. The van der Waals surface area contributed by atoms with Gasteiger partial charge in [0.05, 0.1) is 11.8 Å². The third-order valence-corrected chi connectivity index (χ3v) is 8.76. The van der Waals surface area contributed by atoms with Crippen LogP contribution in [0.4, 0.5) is 0 Å². The number of carbonyl (C=O) groups is 2. The Kier molecular flexibility index (Phi) is 5.54. The predicted molar refractivity (Wildman–Crippen MR) is 110 cm³/mol. The minimum absolute atomic E-state index is 0.0215. The highest BCUT2D eigenvalue weighted by Crippen LogP contribution is 2.63. The molecule has 31 heavy (non-hydrogen) atoms. The predicted octanol–water partition coefficient (Wildman–Crippen LogP) is 2.77. The van der Waals surface area contributed by atoms with Crippen molar-refractivity contribution in [2.75, 3.05) is 6.61 Å². The van der Waals surface area contributed by atoms with Gasteiger partial charge >= 0.3 is 16.4 Å². The van der Waals surface area contributed by atoms with Crippen molar-refractivity contribution < 1.29 is 36.7 Å². The fourth-order valence-electron chi connectivity index (χ4n) is 6.67. The van der Waals surface area contributed by atoms with Crippen molar-refractivity contribution in [2.45, 2.75) is 64.9 Å². The summed E-state index contributed by atoms with van der Waals surface area (Å²) in [6, 6.07) is 0. The first-order chi connectivity index (χ1) is 14.4. The maximum absolute atomic E-state index is 12.7. The lowest BCUT2D eigenvalue weighted by Crippen LogP contribution is -2.53. The Morgan fingerprint density at radius 3 is 2.55 bits per heavy atom. The molecule has 2 N–H and O–H groups in total. The molecule has 0 heterocycles. The zero-order valence-electron chi connectivity index (χ0n) is 17.7. The minimum atomic E-state index is -4.55. The Labute approximate surface area is 181 Å². The van der Waals surface area contributed by atoms with Crippen LogP contribution in [0.1, 0.15) is 58.8 Å². The maximum Gasteiger partial charge on any atom is 0.397 e. The van der Waals surface area contributed by atoms with Crippen LogP contribution in [0.25, 0.3) is 0 Å². The maximum atomic E-state index is 12.7. The van der Waals surface area contributed by atoms with Crippen molar-refractivity contribution in [3.8, 4) is 0 Å². The average Bonchev–Trinajstić information content (AvgIpc) is 2.96. The van der Waals surface area contributed by atoms with E-state index in [0.29, 0.717) is 31.4 Å². The van der Waals surface area contributed by atoms with E-state index in [4.69, 9.17) is 18.7 Å². The largest absolute Gasteiger partial charge is 0.479 e. The smallest absolute Gasteiger partial charge is 0.397 e. The van der Waals surface area contributed by atoms with Crippen molar-refractivity contribution in [3.63, 3.8) is 0 Å². The Hall–Kier alpha value is -1.78. The summed E-state index contributed by atoms with van der Waals surface area (Å²) in [5.74, 6) is -0.556. The van der Waals surface area contributed by atoms with Gasteiger partial charge in [-0.2, -0.15) is 8.42 Å². The molecule has 3 fully saturated rings. The summed E-state index contributed by atoms with van der Waals surface area (Å²) in [5, 5.41) is 13.1. The van der Waals surface area contributed by atoms with Crippen molar-refractivity contribution in [3.05, 3.63) is 11.6 Å². The highest BCUT2D eigenvalue weighted by molar-refractivity contribution is 7.80. The average molecular weight is 456 g/mol. The number of carboxylic acids is 1. The second-order valence-electron chi connectivity index (χ2n) is 9.82. The van der Waals surface area contributed by atoms with Gasteiger partial charge in [-0.15, -0.1) is 0 Å². The van der Waals surface area contributed by atoms with Crippen LogP contribution in [-0.2, 0) is 29.0 Å². The lowest BCUT2D eigenvalue weighted by Gasteiger charge is -2.56. The molecule has 0 aromatic heterocycles. The van der Waals surface area contributed by atoms with E-state index in [1.807, 2.05) is 13.0 Å². The summed E-state index contributed by atoms with van der Waals surface area (Å²) >= 11 is 0. The summed E-state index contributed by atoms with van der Waals surface area (Å²) < 4.78 is 36.4. The van der Waals surface area contributed by atoms with Gasteiger partial charge in [-0.3, -0.25) is 9.35 Å². The molecule has 4 rings (SSSR count). The Bertz CT molecular complexity index is 956. The quantitative estimate of drug-likeness (QED) is 0.476. The van der Waals surface area contributed by atoms with E-state index in [1.165, 1.54) is 0 Å². The van der Waals surface area contributed by atoms with Crippen LogP contribution in [0.2, 0.25) is 0 Å². The summed E-state index contributed by atoms with van der Waals surface area (Å²) in [6.07, 6.45) is 5.71. The number of rotatable bonds is 5. The summed E-state index contributed by atoms with van der Waals surface area (Å²) in [6.45, 7) is 3.66. The summed E-state index contributed by atoms with van der Waals surface area (Å²) in [5.41, 5.74) is 0.987. The van der Waals surface area contributed by atoms with Gasteiger partial charge in [-0.25, -0.2) is 8.98 Å². The fourth-order valence-corrected chi connectivity index (χ4v) is 7.18. The van der Waals surface area contributed by atoms with Crippen LogP contribution in [0.3, 0.4) is 0 Å². The number of hydrogen-bond acceptors (Lipinski definition) is 7. The molecule has 4 aliphatic rings. The highest BCUT2D eigenvalue weighted by atomic mass is 32.3. The third kappa shape index (κ3) is 3.93. The molecule has 0 aromatic rings. The Morgan fingerprint density at radius 1 is 1.19 bits per heavy atom. The van der Waals surface area contributed by atoms with Crippen LogP contribution in [0, 0.1) is 28.6 Å². The van der Waals surface area contributed by atoms with Crippen molar-refractivity contribution in [2.24, 2.45) is 33.7 Å². The lowest BCUT2D eigenvalue weighted by atomic mass is 9.47. The first-order valence-electron chi connectivity index (χ1n) is 10.8. The van der Waals surface area contributed by atoms with Crippen molar-refractivity contribution >= 4 is 27.9 Å². The molecule has 6 atom stereocenters. The monoisotopic (exact) mass is 455 g/mol. The zero-order valence-corrected chi connectivity index (χ0v) is 18.6. The number of aliphatic carboxylic acids is 1. The van der Waals surface area contributed by atoms with Gasteiger partial charge in [0.15, 0.2) is 0 Å². The van der Waals surface area contributed by atoms with E-state index in [2.05, 4.69) is 12.1 Å². The van der Waals surface area contributed by atoms with E-state index in [9.17, 15) is 18.0 Å². The van der Waals surface area contributed by atoms with E-state index < -0.39 is 34.5 Å². The van der Waals surface area contributed by atoms with Crippen molar-refractivity contribution in [1.82, 2.24) is 0 Å². The number of hydrogen-bond donors (Lipinski definition) is 2. The normalized spacial score (nSPS) is 41.2. The molecule has 10 heteroatoms. The Morgan fingerprint density at radius 2 is 1.87 bits per heavy atom. The van der Waals surface area contributed by atoms with Crippen LogP contribution in [0.15, 0.2) is 16.8 Å². The number of Topliss-reactive ketones (excluding diaryl/α,β-unsaturated/α-hetero) is 1. The van der Waals surface area contributed by atoms with Crippen LogP contribution >= 0.6 is 0 Å². The van der Waals surface area contributed by atoms with Gasteiger partial charge in [0.2, 0.25) is 6.61 Å². The molecule has 0 aliphatic heterocycles. The van der Waals surface area contributed by atoms with Crippen LogP contribution in [0.5, 0.6) is 0 Å². The van der Waals surface area contributed by atoms with Gasteiger partial charge in [0, 0.05) is 17.8 Å². The molecule has 172 valence electrons. The van der Waals surface area contributed by atoms with E-state index in [0.717, 1.165) is 24.8 Å². The molecule has 9 nitrogen and oxygen atoms in total. The molecular weight excluding hydrogens is 426 g/mol. The van der Waals surface area contributed by atoms with E-state index in [1.54, 1.807) is 0 Å². The highest BCUT2D eigenvalue weighted by Gasteiger charge is 2.60. The van der Waals surface area contributed by atoms with Gasteiger partial charge in [-0.1, -0.05) is 24.6 Å². The number of fused-ring (bicyclic) bond motifs is 5. The number of carbonyl (C=O) groups excluding carboxylic acids is 1. The second-order valence-corrected chi connectivity index (χ2v) is 10.9. The molecule has 0 radical (unpaired) electrons. The van der Waals surface area contributed by atoms with Crippen molar-refractivity contribution in [1.29, 1.82) is 0 Å². The molecular formula is C21H29NO8S. The molecule has 0 bridgehead atoms. The third-order valence-electron chi connectivity index (χ3n) is 8.24. The lowest BCUT2D eigenvalue weighted by molar-refractivity contribution is -0.142. The number of nitrogens with zero attached hydrogens (tertiary/aromatic N) is 1. The van der Waals surface area contributed by atoms with Gasteiger partial charge in [-0.05, 0) is 61.9 Å². The Balaban J connectivity index is 1.72. The molecule has 0 spiro atoms. The topological polar surface area (TPSA) is 140 Å². The van der Waals surface area contributed by atoms with E-state index >= 15 is 0 Å². The van der Waals surface area contributed by atoms with Crippen LogP contribution in [-0.4, -0.2) is 48.3 Å². The molecule has 0 saturated heterocycles. The molecule has 0 aromatic carbocycles. The SMILES string of the molecule is C[C@]12CC[C@H](OS(=O)(=O)O)CC1=C/C(=N/OCC(=O)O)[C@@H]1[C@@H]2CC[C@]2(C)C(=O)CC[C@@H]12. The van der Waals surface area contributed by atoms with Gasteiger partial charge in [0.1, 0.15) is 5.78 Å². The second kappa shape index (κ2) is 7.67. The first kappa shape index (κ1) is 22.4. The van der Waals surface area contributed by atoms with Gasteiger partial charge < -0.3 is 9.94 Å². The van der Waals surface area contributed by atoms with Gasteiger partial charge in [0.25, 0.3) is 0 Å². The molecule has 4 aliphatic carbocycles. The van der Waals surface area contributed by atoms with E-state index in [-0.39, 0.29) is 29.0 Å². The van der Waals surface area contributed by atoms with Crippen LogP contribution < -0.4 is 0 Å². The number of ketones is 1. The standard InChI is InChI=1S/C21H29NO8S/c1-20-7-5-13(30-31(26,27)28)9-12(20)10-16(22-29-11-18(24)25)19-14-3-4-17(23)21(14,2)8-6-15(19)20/h10,13-15,19H,3-9,11H2,1-2H3,(H,24,25)(H,26,27,28)/b22-16-/t13-,14-,15-,19-,20-,21-/m0/s1.